The predicted molar refractivity (Wildman–Crippen MR) is 51.4 cm³/mol. The van der Waals surface area contributed by atoms with Gasteiger partial charge in [0.05, 0.1) is 12.2 Å². The molecule has 0 saturated heterocycles. The first-order valence-electron chi connectivity index (χ1n) is 4.90. The standard InChI is InChI=1S/C10H22O2/c1-5-11-8-6-7-10(4)12-9(2)3/h9-10H,5-8H2,1-4H3. The highest BCUT2D eigenvalue weighted by molar-refractivity contribution is 4.52. The Morgan fingerprint density at radius 3 is 2.33 bits per heavy atom. The van der Waals surface area contributed by atoms with Gasteiger partial charge in [0.25, 0.3) is 0 Å². The van der Waals surface area contributed by atoms with Crippen LogP contribution in [0.2, 0.25) is 0 Å². The third-order valence-electron chi connectivity index (χ3n) is 1.61. The zero-order valence-corrected chi connectivity index (χ0v) is 8.80. The first-order valence-corrected chi connectivity index (χ1v) is 4.90. The monoisotopic (exact) mass is 174 g/mol. The highest BCUT2D eigenvalue weighted by Crippen LogP contribution is 2.04. The highest BCUT2D eigenvalue weighted by atomic mass is 16.5. The lowest BCUT2D eigenvalue weighted by Gasteiger charge is -2.15. The molecule has 0 heterocycles. The van der Waals surface area contributed by atoms with E-state index in [9.17, 15) is 0 Å². The van der Waals surface area contributed by atoms with Crippen LogP contribution in [0.4, 0.5) is 0 Å². The molecule has 0 aliphatic heterocycles. The molecule has 0 aromatic carbocycles. The second-order valence-corrected chi connectivity index (χ2v) is 3.33. The molecule has 0 aromatic heterocycles. The van der Waals surface area contributed by atoms with Crippen LogP contribution >= 0.6 is 0 Å². The molecule has 0 fully saturated rings. The van der Waals surface area contributed by atoms with Crippen molar-refractivity contribution in [1.82, 2.24) is 0 Å². The number of ether oxygens (including phenoxy) is 2. The summed E-state index contributed by atoms with van der Waals surface area (Å²) in [6, 6.07) is 0. The largest absolute Gasteiger partial charge is 0.382 e. The lowest BCUT2D eigenvalue weighted by atomic mass is 10.2. The van der Waals surface area contributed by atoms with Crippen molar-refractivity contribution in [2.75, 3.05) is 13.2 Å². The third kappa shape index (κ3) is 8.02. The maximum absolute atomic E-state index is 5.57. The van der Waals surface area contributed by atoms with Crippen molar-refractivity contribution in [2.24, 2.45) is 0 Å². The van der Waals surface area contributed by atoms with Crippen molar-refractivity contribution < 1.29 is 9.47 Å². The van der Waals surface area contributed by atoms with E-state index in [1.54, 1.807) is 0 Å². The van der Waals surface area contributed by atoms with Gasteiger partial charge in [0, 0.05) is 13.2 Å². The van der Waals surface area contributed by atoms with Gasteiger partial charge in [0.2, 0.25) is 0 Å². The minimum atomic E-state index is 0.340. The van der Waals surface area contributed by atoms with Crippen LogP contribution < -0.4 is 0 Å². The van der Waals surface area contributed by atoms with E-state index in [1.165, 1.54) is 0 Å². The molecule has 0 bridgehead atoms. The summed E-state index contributed by atoms with van der Waals surface area (Å²) in [5, 5.41) is 0. The first kappa shape index (κ1) is 11.9. The maximum Gasteiger partial charge on any atom is 0.0551 e. The fourth-order valence-corrected chi connectivity index (χ4v) is 1.15. The zero-order valence-electron chi connectivity index (χ0n) is 8.80. The molecule has 0 amide bonds. The Bertz CT molecular complexity index is 91.8. The van der Waals surface area contributed by atoms with Gasteiger partial charge >= 0.3 is 0 Å². The Balaban J connectivity index is 3.14. The van der Waals surface area contributed by atoms with E-state index >= 15 is 0 Å². The van der Waals surface area contributed by atoms with Gasteiger partial charge in [0.15, 0.2) is 0 Å². The summed E-state index contributed by atoms with van der Waals surface area (Å²) < 4.78 is 10.8. The van der Waals surface area contributed by atoms with Crippen LogP contribution in [0.15, 0.2) is 0 Å². The Hall–Kier alpha value is -0.0800. The first-order chi connectivity index (χ1) is 5.66. The second-order valence-electron chi connectivity index (χ2n) is 3.33. The molecule has 1 unspecified atom stereocenters. The topological polar surface area (TPSA) is 18.5 Å². The Kier molecular flexibility index (Phi) is 7.51. The van der Waals surface area contributed by atoms with Crippen LogP contribution in [0.3, 0.4) is 0 Å². The van der Waals surface area contributed by atoms with Gasteiger partial charge in [-0.05, 0) is 40.5 Å². The molecule has 0 rings (SSSR count). The van der Waals surface area contributed by atoms with Gasteiger partial charge in [-0.3, -0.25) is 0 Å². The molecule has 1 atom stereocenters. The molecular formula is C10H22O2. The third-order valence-corrected chi connectivity index (χ3v) is 1.61. The molecule has 12 heavy (non-hydrogen) atoms. The molecule has 2 nitrogen and oxygen atoms in total. The van der Waals surface area contributed by atoms with Crippen LogP contribution in [0.1, 0.15) is 40.5 Å². The fraction of sp³-hybridized carbons (Fsp3) is 1.00. The van der Waals surface area contributed by atoms with Gasteiger partial charge in [-0.25, -0.2) is 0 Å². The van der Waals surface area contributed by atoms with E-state index in [0.717, 1.165) is 26.1 Å². The molecule has 0 radical (unpaired) electrons. The van der Waals surface area contributed by atoms with E-state index in [1.807, 2.05) is 6.92 Å². The van der Waals surface area contributed by atoms with Crippen LogP contribution in [-0.2, 0) is 9.47 Å². The SMILES string of the molecule is CCOCCCC(C)OC(C)C. The van der Waals surface area contributed by atoms with Crippen molar-refractivity contribution in [3.8, 4) is 0 Å². The summed E-state index contributed by atoms with van der Waals surface area (Å²) in [6.07, 6.45) is 2.90. The molecule has 0 saturated carbocycles. The minimum absolute atomic E-state index is 0.340. The zero-order chi connectivity index (χ0) is 9.40. The average Bonchev–Trinajstić information content (AvgIpc) is 1.97. The highest BCUT2D eigenvalue weighted by Gasteiger charge is 2.03. The van der Waals surface area contributed by atoms with Crippen molar-refractivity contribution >= 4 is 0 Å². The Morgan fingerprint density at radius 1 is 1.17 bits per heavy atom. The molecular weight excluding hydrogens is 152 g/mol. The van der Waals surface area contributed by atoms with Gasteiger partial charge < -0.3 is 9.47 Å². The normalized spacial score (nSPS) is 13.8. The van der Waals surface area contributed by atoms with Crippen LogP contribution in [0.25, 0.3) is 0 Å². The predicted octanol–water partition coefficient (Wildman–Crippen LogP) is 2.62. The smallest absolute Gasteiger partial charge is 0.0551 e. The summed E-state index contributed by atoms with van der Waals surface area (Å²) in [7, 11) is 0. The van der Waals surface area contributed by atoms with Crippen molar-refractivity contribution in [3.05, 3.63) is 0 Å². The second kappa shape index (κ2) is 7.56. The van der Waals surface area contributed by atoms with Gasteiger partial charge in [-0.1, -0.05) is 0 Å². The minimum Gasteiger partial charge on any atom is -0.382 e. The summed E-state index contributed by atoms with van der Waals surface area (Å²) in [6.45, 7) is 9.96. The van der Waals surface area contributed by atoms with Crippen LogP contribution in [0, 0.1) is 0 Å². The Morgan fingerprint density at radius 2 is 1.83 bits per heavy atom. The Labute approximate surface area is 76.3 Å². The summed E-state index contributed by atoms with van der Waals surface area (Å²) >= 11 is 0. The van der Waals surface area contributed by atoms with Gasteiger partial charge in [-0.2, -0.15) is 0 Å². The molecule has 2 heteroatoms. The molecule has 0 aromatic rings. The van der Waals surface area contributed by atoms with E-state index in [2.05, 4.69) is 20.8 Å². The lowest BCUT2D eigenvalue weighted by Crippen LogP contribution is -2.14. The average molecular weight is 174 g/mol. The molecule has 0 aliphatic rings. The van der Waals surface area contributed by atoms with Crippen molar-refractivity contribution in [2.45, 2.75) is 52.7 Å². The van der Waals surface area contributed by atoms with Crippen molar-refractivity contribution in [1.29, 1.82) is 0 Å². The summed E-state index contributed by atoms with van der Waals surface area (Å²) in [4.78, 5) is 0. The van der Waals surface area contributed by atoms with Gasteiger partial charge in [0.1, 0.15) is 0 Å². The molecule has 0 aliphatic carbocycles. The van der Waals surface area contributed by atoms with E-state index in [-0.39, 0.29) is 0 Å². The fourth-order valence-electron chi connectivity index (χ4n) is 1.15. The number of rotatable bonds is 7. The maximum atomic E-state index is 5.57. The molecule has 0 spiro atoms. The van der Waals surface area contributed by atoms with Crippen LogP contribution in [-0.4, -0.2) is 25.4 Å². The van der Waals surface area contributed by atoms with E-state index in [4.69, 9.17) is 9.47 Å². The van der Waals surface area contributed by atoms with E-state index < -0.39 is 0 Å². The summed E-state index contributed by atoms with van der Waals surface area (Å²) in [5.41, 5.74) is 0. The van der Waals surface area contributed by atoms with Crippen molar-refractivity contribution in [3.63, 3.8) is 0 Å². The molecule has 0 N–H and O–H groups in total. The number of hydrogen-bond acceptors (Lipinski definition) is 2. The van der Waals surface area contributed by atoms with Gasteiger partial charge in [-0.15, -0.1) is 0 Å². The molecule has 74 valence electrons. The number of hydrogen-bond donors (Lipinski definition) is 0. The van der Waals surface area contributed by atoms with E-state index in [0.29, 0.717) is 12.2 Å². The quantitative estimate of drug-likeness (QED) is 0.552. The van der Waals surface area contributed by atoms with Crippen LogP contribution in [0.5, 0.6) is 0 Å². The lowest BCUT2D eigenvalue weighted by molar-refractivity contribution is 0.00865. The summed E-state index contributed by atoms with van der Waals surface area (Å²) in [5.74, 6) is 0.